The first-order valence-electron chi connectivity index (χ1n) is 7.23. The Bertz CT molecular complexity index is 470. The summed E-state index contributed by atoms with van der Waals surface area (Å²) in [6, 6.07) is 5.75. The Morgan fingerprint density at radius 2 is 2.00 bits per heavy atom. The lowest BCUT2D eigenvalue weighted by atomic mass is 10.2. The lowest BCUT2D eigenvalue weighted by Crippen LogP contribution is -3.00. The van der Waals surface area contributed by atoms with E-state index in [-0.39, 0.29) is 24.0 Å². The van der Waals surface area contributed by atoms with Crippen LogP contribution >= 0.6 is 31.9 Å². The SMILES string of the molecule is CC[N+]1(CC(O)COc2ccc(Br)cc2Br)CCOCC1.[I-]. The summed E-state index contributed by atoms with van der Waals surface area (Å²) >= 11 is 6.87. The summed E-state index contributed by atoms with van der Waals surface area (Å²) in [4.78, 5) is 0. The number of hydrogen-bond donors (Lipinski definition) is 1. The van der Waals surface area contributed by atoms with E-state index in [2.05, 4.69) is 38.8 Å². The Labute approximate surface area is 166 Å². The average molecular weight is 551 g/mol. The number of nitrogens with zero attached hydrogens (tertiary/aromatic N) is 1. The summed E-state index contributed by atoms with van der Waals surface area (Å²) in [5, 5.41) is 10.3. The molecule has 0 radical (unpaired) electrons. The predicted molar refractivity (Wildman–Crippen MR) is 89.6 cm³/mol. The summed E-state index contributed by atoms with van der Waals surface area (Å²) in [5.41, 5.74) is 0. The molecule has 0 saturated carbocycles. The minimum atomic E-state index is -0.474. The van der Waals surface area contributed by atoms with Crippen molar-refractivity contribution in [2.45, 2.75) is 13.0 Å². The van der Waals surface area contributed by atoms with Gasteiger partial charge in [0.1, 0.15) is 38.1 Å². The van der Waals surface area contributed by atoms with Crippen molar-refractivity contribution >= 4 is 31.9 Å². The molecule has 1 N–H and O–H groups in total. The molecule has 1 aromatic rings. The quantitative estimate of drug-likeness (QED) is 0.395. The zero-order valence-electron chi connectivity index (χ0n) is 12.6. The standard InChI is InChI=1S/C15H22Br2NO3.HI/c1-2-18(5-7-20-8-6-18)10-13(19)11-21-15-4-3-12(16)9-14(15)17;/h3-4,9,13,19H,2,5-8,10-11H2,1H3;1H/q+1;/p-1. The van der Waals surface area contributed by atoms with Gasteiger partial charge in [-0.25, -0.2) is 0 Å². The lowest BCUT2D eigenvalue weighted by Gasteiger charge is -2.41. The van der Waals surface area contributed by atoms with E-state index in [0.717, 1.165) is 52.0 Å². The summed E-state index contributed by atoms with van der Waals surface area (Å²) in [6.07, 6.45) is -0.474. The van der Waals surface area contributed by atoms with Crippen LogP contribution in [-0.4, -0.2) is 61.7 Å². The number of rotatable bonds is 6. The van der Waals surface area contributed by atoms with Crippen LogP contribution in [0, 0.1) is 0 Å². The van der Waals surface area contributed by atoms with Crippen molar-refractivity contribution in [3.63, 3.8) is 0 Å². The molecule has 1 heterocycles. The highest BCUT2D eigenvalue weighted by atomic mass is 127. The minimum Gasteiger partial charge on any atom is -1.00 e. The molecule has 0 bridgehead atoms. The third-order valence-corrected chi connectivity index (χ3v) is 5.13. The Kier molecular flexibility index (Phi) is 9.17. The Morgan fingerprint density at radius 3 is 2.59 bits per heavy atom. The molecule has 0 amide bonds. The number of benzene rings is 1. The minimum absolute atomic E-state index is 0. The molecule has 22 heavy (non-hydrogen) atoms. The molecule has 2 rings (SSSR count). The van der Waals surface area contributed by atoms with Crippen LogP contribution in [0.4, 0.5) is 0 Å². The maximum absolute atomic E-state index is 10.3. The maximum Gasteiger partial charge on any atom is 0.137 e. The van der Waals surface area contributed by atoms with Crippen molar-refractivity contribution < 1.29 is 43.0 Å². The normalized spacial score (nSPS) is 18.4. The van der Waals surface area contributed by atoms with Gasteiger partial charge in [0.05, 0.1) is 24.2 Å². The number of quaternary nitrogens is 1. The molecule has 0 spiro atoms. The van der Waals surface area contributed by atoms with Crippen molar-refractivity contribution in [2.75, 3.05) is 46.0 Å². The lowest BCUT2D eigenvalue weighted by molar-refractivity contribution is -0.936. The fourth-order valence-electron chi connectivity index (χ4n) is 2.64. The van der Waals surface area contributed by atoms with Crippen LogP contribution < -0.4 is 28.7 Å². The third kappa shape index (κ3) is 5.90. The van der Waals surface area contributed by atoms with Crippen molar-refractivity contribution in [1.29, 1.82) is 0 Å². The summed E-state index contributed by atoms with van der Waals surface area (Å²) in [5.74, 6) is 0.752. The van der Waals surface area contributed by atoms with Crippen molar-refractivity contribution in [3.05, 3.63) is 27.1 Å². The molecule has 1 atom stereocenters. The highest BCUT2D eigenvalue weighted by Gasteiger charge is 2.31. The largest absolute Gasteiger partial charge is 1.00 e. The molecule has 1 fully saturated rings. The molecular weight excluding hydrogens is 529 g/mol. The molecule has 1 aromatic carbocycles. The first-order chi connectivity index (χ1) is 10.0. The molecule has 4 nitrogen and oxygen atoms in total. The maximum atomic E-state index is 10.3. The first kappa shape index (κ1) is 20.6. The van der Waals surface area contributed by atoms with E-state index in [9.17, 15) is 5.11 Å². The molecule has 7 heteroatoms. The molecule has 1 saturated heterocycles. The van der Waals surface area contributed by atoms with Gasteiger partial charge in [0.15, 0.2) is 0 Å². The molecule has 126 valence electrons. The van der Waals surface area contributed by atoms with Crippen LogP contribution in [0.3, 0.4) is 0 Å². The smallest absolute Gasteiger partial charge is 0.137 e. The van der Waals surface area contributed by atoms with Gasteiger partial charge in [-0.3, -0.25) is 0 Å². The average Bonchev–Trinajstić information content (AvgIpc) is 2.47. The van der Waals surface area contributed by atoms with Crippen molar-refractivity contribution in [3.8, 4) is 5.75 Å². The fourth-order valence-corrected chi connectivity index (χ4v) is 3.80. The summed E-state index contributed by atoms with van der Waals surface area (Å²) < 4.78 is 13.9. The van der Waals surface area contributed by atoms with Gasteiger partial charge in [0, 0.05) is 4.47 Å². The molecule has 1 aliphatic rings. The zero-order chi connectivity index (χ0) is 15.3. The molecule has 1 aliphatic heterocycles. The zero-order valence-corrected chi connectivity index (χ0v) is 17.9. The molecule has 0 aromatic heterocycles. The predicted octanol–water partition coefficient (Wildman–Crippen LogP) is -0.178. The van der Waals surface area contributed by atoms with Gasteiger partial charge in [-0.05, 0) is 41.1 Å². The second-order valence-electron chi connectivity index (χ2n) is 5.44. The van der Waals surface area contributed by atoms with E-state index in [0.29, 0.717) is 13.2 Å². The summed E-state index contributed by atoms with van der Waals surface area (Å²) in [6.45, 7) is 7.70. The van der Waals surface area contributed by atoms with Gasteiger partial charge in [-0.1, -0.05) is 15.9 Å². The number of aliphatic hydroxyl groups excluding tert-OH is 1. The molecule has 1 unspecified atom stereocenters. The van der Waals surface area contributed by atoms with Gasteiger partial charge in [0.2, 0.25) is 0 Å². The van der Waals surface area contributed by atoms with Crippen LogP contribution in [0.2, 0.25) is 0 Å². The first-order valence-corrected chi connectivity index (χ1v) is 8.82. The number of aliphatic hydroxyl groups is 1. The summed E-state index contributed by atoms with van der Waals surface area (Å²) in [7, 11) is 0. The van der Waals surface area contributed by atoms with Crippen LogP contribution in [0.15, 0.2) is 27.1 Å². The van der Waals surface area contributed by atoms with Gasteiger partial charge in [-0.2, -0.15) is 0 Å². The number of morpholine rings is 1. The van der Waals surface area contributed by atoms with Crippen molar-refractivity contribution in [1.82, 2.24) is 0 Å². The van der Waals surface area contributed by atoms with E-state index in [1.165, 1.54) is 0 Å². The van der Waals surface area contributed by atoms with Gasteiger partial charge in [0.25, 0.3) is 0 Å². The van der Waals surface area contributed by atoms with E-state index in [1.54, 1.807) is 0 Å². The van der Waals surface area contributed by atoms with E-state index in [1.807, 2.05) is 18.2 Å². The van der Waals surface area contributed by atoms with Crippen LogP contribution in [-0.2, 0) is 4.74 Å². The van der Waals surface area contributed by atoms with Crippen molar-refractivity contribution in [2.24, 2.45) is 0 Å². The number of ether oxygens (including phenoxy) is 2. The van der Waals surface area contributed by atoms with Crippen LogP contribution in [0.25, 0.3) is 0 Å². The highest BCUT2D eigenvalue weighted by Crippen LogP contribution is 2.28. The third-order valence-electron chi connectivity index (χ3n) is 4.01. The van der Waals surface area contributed by atoms with E-state index >= 15 is 0 Å². The fraction of sp³-hybridized carbons (Fsp3) is 0.600. The molecule has 0 aliphatic carbocycles. The highest BCUT2D eigenvalue weighted by molar-refractivity contribution is 9.11. The van der Waals surface area contributed by atoms with Gasteiger partial charge >= 0.3 is 0 Å². The Balaban J connectivity index is 0.00000242. The molecular formula is C15H22Br2INO3. The van der Waals surface area contributed by atoms with Gasteiger partial charge in [-0.15, -0.1) is 0 Å². The Morgan fingerprint density at radius 1 is 1.32 bits per heavy atom. The van der Waals surface area contributed by atoms with E-state index < -0.39 is 6.10 Å². The van der Waals surface area contributed by atoms with Crippen LogP contribution in [0.5, 0.6) is 5.75 Å². The second kappa shape index (κ2) is 9.78. The number of likely N-dealkylation sites (N-methyl/N-ethyl adjacent to an activating group) is 1. The second-order valence-corrected chi connectivity index (χ2v) is 7.21. The number of halogens is 3. The van der Waals surface area contributed by atoms with Gasteiger partial charge < -0.3 is 43.0 Å². The monoisotopic (exact) mass is 549 g/mol. The number of hydrogen-bond acceptors (Lipinski definition) is 3. The Hall–Kier alpha value is 0.590. The van der Waals surface area contributed by atoms with E-state index in [4.69, 9.17) is 9.47 Å². The van der Waals surface area contributed by atoms with Crippen LogP contribution in [0.1, 0.15) is 6.92 Å². The topological polar surface area (TPSA) is 38.7 Å².